The van der Waals surface area contributed by atoms with Gasteiger partial charge in [-0.05, 0) is 37.1 Å². The van der Waals surface area contributed by atoms with Crippen molar-refractivity contribution in [2.45, 2.75) is 33.6 Å². The molecule has 1 aromatic carbocycles. The first-order valence-corrected chi connectivity index (χ1v) is 7.66. The van der Waals surface area contributed by atoms with E-state index in [4.69, 9.17) is 0 Å². The van der Waals surface area contributed by atoms with Crippen LogP contribution in [-0.4, -0.2) is 28.9 Å². The molecule has 1 amide bonds. The molecule has 0 saturated heterocycles. The molecule has 0 atom stereocenters. The largest absolute Gasteiger partial charge is 0.351 e. The molecule has 1 aromatic heterocycles. The van der Waals surface area contributed by atoms with Crippen LogP contribution in [0.25, 0.3) is 10.9 Å². The van der Waals surface area contributed by atoms with Gasteiger partial charge in [-0.1, -0.05) is 26.7 Å². The fourth-order valence-corrected chi connectivity index (χ4v) is 2.60. The Morgan fingerprint density at radius 3 is 2.57 bits per heavy atom. The Hall–Kier alpha value is -1.84. The summed E-state index contributed by atoms with van der Waals surface area (Å²) in [6, 6.07) is 6.24. The molecule has 0 aliphatic carbocycles. The van der Waals surface area contributed by atoms with Gasteiger partial charge in [0.05, 0.1) is 0 Å². The molecule has 114 valence electrons. The maximum atomic E-state index is 13.2. The molecule has 4 heteroatoms. The number of nitrogens with one attached hydrogen (secondary N) is 1. The molecule has 0 fully saturated rings. The average molecular weight is 290 g/mol. The summed E-state index contributed by atoms with van der Waals surface area (Å²) in [5.41, 5.74) is 1.32. The molecule has 21 heavy (non-hydrogen) atoms. The van der Waals surface area contributed by atoms with Crippen LogP contribution in [0.15, 0.2) is 24.3 Å². The minimum Gasteiger partial charge on any atom is -0.351 e. The molecule has 0 radical (unpaired) electrons. The Morgan fingerprint density at radius 1 is 1.24 bits per heavy atom. The Morgan fingerprint density at radius 2 is 1.95 bits per heavy atom. The fourth-order valence-electron chi connectivity index (χ4n) is 2.60. The first-order chi connectivity index (χ1) is 10.1. The third-order valence-electron chi connectivity index (χ3n) is 4.12. The molecule has 0 unspecified atom stereocenters. The van der Waals surface area contributed by atoms with E-state index in [2.05, 4.69) is 18.8 Å². The minimum atomic E-state index is -0.287. The van der Waals surface area contributed by atoms with E-state index in [0.717, 1.165) is 30.3 Å². The average Bonchev–Trinajstić information content (AvgIpc) is 2.91. The number of carbonyl (C=O) groups excluding carboxylic acids is 1. The Balaban J connectivity index is 2.22. The Labute approximate surface area is 125 Å². The Kier molecular flexibility index (Phi) is 4.99. The number of rotatable bonds is 6. The number of amides is 1. The maximum absolute atomic E-state index is 13.2. The highest BCUT2D eigenvalue weighted by molar-refractivity contribution is 5.98. The number of aromatic nitrogens is 1. The van der Waals surface area contributed by atoms with Crippen molar-refractivity contribution in [3.63, 3.8) is 0 Å². The molecule has 0 aliphatic rings. The summed E-state index contributed by atoms with van der Waals surface area (Å²) in [6.07, 6.45) is 2.14. The van der Waals surface area contributed by atoms with Gasteiger partial charge in [0.1, 0.15) is 11.5 Å². The van der Waals surface area contributed by atoms with Crippen LogP contribution in [0, 0.1) is 11.7 Å². The number of nitrogens with zero attached hydrogens (tertiary/aromatic N) is 1. The number of hydrogen-bond donors (Lipinski definition) is 1. The monoisotopic (exact) mass is 290 g/mol. The normalized spacial score (nSPS) is 11.3. The second-order valence-corrected chi connectivity index (χ2v) is 5.44. The molecular weight excluding hydrogens is 267 g/mol. The van der Waals surface area contributed by atoms with Gasteiger partial charge in [-0.2, -0.15) is 0 Å². The molecular formula is C17H23FN2O. The van der Waals surface area contributed by atoms with Crippen LogP contribution in [0.4, 0.5) is 4.39 Å². The topological polar surface area (TPSA) is 36.1 Å². The van der Waals surface area contributed by atoms with Crippen molar-refractivity contribution in [1.29, 1.82) is 0 Å². The van der Waals surface area contributed by atoms with Crippen molar-refractivity contribution < 1.29 is 9.18 Å². The van der Waals surface area contributed by atoms with Crippen molar-refractivity contribution in [1.82, 2.24) is 9.88 Å². The lowest BCUT2D eigenvalue weighted by molar-refractivity contribution is 0.0730. The number of aromatic amines is 1. The smallest absolute Gasteiger partial charge is 0.270 e. The molecule has 2 aromatic rings. The number of H-pyrrole nitrogens is 1. The first-order valence-electron chi connectivity index (χ1n) is 7.66. The molecule has 3 nitrogen and oxygen atoms in total. The molecule has 2 rings (SSSR count). The number of carbonyl (C=O) groups is 1. The number of benzene rings is 1. The number of fused-ring (bicyclic) bond motifs is 1. The predicted molar refractivity (Wildman–Crippen MR) is 83.9 cm³/mol. The number of halogens is 1. The summed E-state index contributed by atoms with van der Waals surface area (Å²) in [5.74, 6) is 0.224. The first kappa shape index (κ1) is 15.5. The molecule has 0 bridgehead atoms. The van der Waals surface area contributed by atoms with Gasteiger partial charge in [-0.15, -0.1) is 0 Å². The van der Waals surface area contributed by atoms with E-state index < -0.39 is 0 Å². The van der Waals surface area contributed by atoms with E-state index in [1.54, 1.807) is 12.1 Å². The van der Waals surface area contributed by atoms with Crippen LogP contribution in [0.5, 0.6) is 0 Å². The quantitative estimate of drug-likeness (QED) is 0.850. The van der Waals surface area contributed by atoms with Gasteiger partial charge in [-0.3, -0.25) is 4.79 Å². The van der Waals surface area contributed by atoms with E-state index in [1.807, 2.05) is 11.8 Å². The minimum absolute atomic E-state index is 0.0130. The zero-order chi connectivity index (χ0) is 15.4. The van der Waals surface area contributed by atoms with E-state index >= 15 is 0 Å². The summed E-state index contributed by atoms with van der Waals surface area (Å²) in [4.78, 5) is 17.5. The lowest BCUT2D eigenvalue weighted by Gasteiger charge is -2.25. The molecule has 0 spiro atoms. The van der Waals surface area contributed by atoms with Crippen LogP contribution in [-0.2, 0) is 0 Å². The van der Waals surface area contributed by atoms with Crippen LogP contribution in [0.2, 0.25) is 0 Å². The van der Waals surface area contributed by atoms with Gasteiger partial charge in [0.15, 0.2) is 0 Å². The fraction of sp³-hybridized carbons (Fsp3) is 0.471. The third-order valence-corrected chi connectivity index (χ3v) is 4.12. The molecule has 0 saturated carbocycles. The number of hydrogen-bond acceptors (Lipinski definition) is 1. The van der Waals surface area contributed by atoms with Gasteiger partial charge in [0.25, 0.3) is 5.91 Å². The van der Waals surface area contributed by atoms with Crippen LogP contribution in [0.3, 0.4) is 0 Å². The summed E-state index contributed by atoms with van der Waals surface area (Å²) < 4.78 is 13.2. The van der Waals surface area contributed by atoms with E-state index in [9.17, 15) is 9.18 Å². The third kappa shape index (κ3) is 3.43. The van der Waals surface area contributed by atoms with Crippen molar-refractivity contribution in [3.8, 4) is 0 Å². The summed E-state index contributed by atoms with van der Waals surface area (Å²) in [7, 11) is 0. The highest BCUT2D eigenvalue weighted by atomic mass is 19.1. The predicted octanol–water partition coefficient (Wildman–Crippen LogP) is 4.21. The van der Waals surface area contributed by atoms with Crippen molar-refractivity contribution >= 4 is 16.8 Å². The summed E-state index contributed by atoms with van der Waals surface area (Å²) in [6.45, 7) is 7.74. The van der Waals surface area contributed by atoms with Crippen LogP contribution < -0.4 is 0 Å². The SMILES string of the molecule is CCC(CC)CN(CC)C(=O)c1cc2cc(F)ccc2[nH]1. The van der Waals surface area contributed by atoms with Crippen molar-refractivity contribution in [2.75, 3.05) is 13.1 Å². The second-order valence-electron chi connectivity index (χ2n) is 5.44. The van der Waals surface area contributed by atoms with Crippen LogP contribution >= 0.6 is 0 Å². The highest BCUT2D eigenvalue weighted by Gasteiger charge is 2.19. The summed E-state index contributed by atoms with van der Waals surface area (Å²) in [5, 5.41) is 0.733. The van der Waals surface area contributed by atoms with Gasteiger partial charge in [-0.25, -0.2) is 4.39 Å². The maximum Gasteiger partial charge on any atom is 0.270 e. The summed E-state index contributed by atoms with van der Waals surface area (Å²) >= 11 is 0. The lowest BCUT2D eigenvalue weighted by atomic mass is 10.0. The van der Waals surface area contributed by atoms with Gasteiger partial charge < -0.3 is 9.88 Å². The van der Waals surface area contributed by atoms with Crippen molar-refractivity contribution in [2.24, 2.45) is 5.92 Å². The van der Waals surface area contributed by atoms with Crippen LogP contribution in [0.1, 0.15) is 44.1 Å². The van der Waals surface area contributed by atoms with Gasteiger partial charge >= 0.3 is 0 Å². The van der Waals surface area contributed by atoms with Gasteiger partial charge in [0.2, 0.25) is 0 Å². The lowest BCUT2D eigenvalue weighted by Crippen LogP contribution is -2.35. The molecule has 1 N–H and O–H groups in total. The molecule has 0 aliphatic heterocycles. The van der Waals surface area contributed by atoms with E-state index in [0.29, 0.717) is 18.2 Å². The zero-order valence-corrected chi connectivity index (χ0v) is 12.9. The van der Waals surface area contributed by atoms with Crippen molar-refractivity contribution in [3.05, 3.63) is 35.8 Å². The van der Waals surface area contributed by atoms with E-state index in [1.165, 1.54) is 12.1 Å². The van der Waals surface area contributed by atoms with Gasteiger partial charge in [0, 0.05) is 24.0 Å². The molecule has 1 heterocycles. The second kappa shape index (κ2) is 6.74. The van der Waals surface area contributed by atoms with E-state index in [-0.39, 0.29) is 11.7 Å². The highest BCUT2D eigenvalue weighted by Crippen LogP contribution is 2.19. The standard InChI is InChI=1S/C17H23FN2O/c1-4-12(5-2)11-20(6-3)17(21)16-10-13-9-14(18)7-8-15(13)19-16/h7-10,12,19H,4-6,11H2,1-3H3. The Bertz CT molecular complexity index is 616. The zero-order valence-electron chi connectivity index (χ0n) is 12.9.